The molecule has 0 atom stereocenters. The lowest BCUT2D eigenvalue weighted by atomic mass is 10.0. The molecule has 2 aromatic rings. The van der Waals surface area contributed by atoms with Crippen LogP contribution in [0.15, 0.2) is 54.6 Å². The molecule has 142 valence electrons. The fourth-order valence-electron chi connectivity index (χ4n) is 3.18. The molecule has 1 fully saturated rings. The molecule has 1 aliphatic heterocycles. The predicted molar refractivity (Wildman–Crippen MR) is 104 cm³/mol. The van der Waals surface area contributed by atoms with Gasteiger partial charge >= 0.3 is 5.97 Å². The number of carbonyl (C=O) groups excluding carboxylic acids is 2. The van der Waals surface area contributed by atoms with Crippen LogP contribution in [0.2, 0.25) is 0 Å². The molecule has 0 aliphatic carbocycles. The molecular formula is C21H25N3O3. The second-order valence-electron chi connectivity index (χ2n) is 6.80. The number of likely N-dealkylation sites (tertiary alicyclic amines) is 1. The summed E-state index contributed by atoms with van der Waals surface area (Å²) in [5, 5.41) is 2.96. The summed E-state index contributed by atoms with van der Waals surface area (Å²) in [6.45, 7) is 2.53. The van der Waals surface area contributed by atoms with Crippen molar-refractivity contribution in [1.82, 2.24) is 10.2 Å². The first-order chi connectivity index (χ1) is 13.1. The number of carbonyl (C=O) groups is 2. The lowest BCUT2D eigenvalue weighted by Crippen LogP contribution is -2.45. The average Bonchev–Trinajstić information content (AvgIpc) is 2.69. The monoisotopic (exact) mass is 367 g/mol. The number of esters is 1. The number of nitrogens with zero attached hydrogens (tertiary/aromatic N) is 1. The topological polar surface area (TPSA) is 84.7 Å². The Balaban J connectivity index is 1.36. The van der Waals surface area contributed by atoms with E-state index >= 15 is 0 Å². The van der Waals surface area contributed by atoms with Crippen molar-refractivity contribution in [3.63, 3.8) is 0 Å². The summed E-state index contributed by atoms with van der Waals surface area (Å²) in [5.74, 6) is -0.789. The quantitative estimate of drug-likeness (QED) is 0.604. The number of hydrogen-bond donors (Lipinski definition) is 2. The Morgan fingerprint density at radius 3 is 2.37 bits per heavy atom. The first kappa shape index (κ1) is 18.9. The summed E-state index contributed by atoms with van der Waals surface area (Å²) in [4.78, 5) is 26.4. The molecular weight excluding hydrogens is 342 g/mol. The van der Waals surface area contributed by atoms with Crippen molar-refractivity contribution in [2.75, 3.05) is 25.4 Å². The molecule has 3 rings (SSSR count). The molecule has 6 heteroatoms. The van der Waals surface area contributed by atoms with Crippen LogP contribution in [0.4, 0.5) is 5.69 Å². The van der Waals surface area contributed by atoms with E-state index in [4.69, 9.17) is 10.5 Å². The first-order valence-electron chi connectivity index (χ1n) is 9.18. The highest BCUT2D eigenvalue weighted by atomic mass is 16.5. The highest BCUT2D eigenvalue weighted by molar-refractivity contribution is 5.91. The van der Waals surface area contributed by atoms with Crippen LogP contribution in [0.5, 0.6) is 0 Å². The van der Waals surface area contributed by atoms with Crippen molar-refractivity contribution < 1.29 is 14.3 Å². The van der Waals surface area contributed by atoms with E-state index in [2.05, 4.69) is 22.3 Å². The van der Waals surface area contributed by atoms with Crippen LogP contribution in [-0.2, 0) is 16.1 Å². The highest BCUT2D eigenvalue weighted by Gasteiger charge is 2.21. The van der Waals surface area contributed by atoms with Crippen LogP contribution in [0.25, 0.3) is 0 Å². The Hall–Kier alpha value is -2.86. The minimum Gasteiger partial charge on any atom is -0.452 e. The molecule has 3 N–H and O–H groups in total. The van der Waals surface area contributed by atoms with Gasteiger partial charge in [-0.1, -0.05) is 30.3 Å². The zero-order valence-corrected chi connectivity index (χ0v) is 15.3. The van der Waals surface area contributed by atoms with Crippen molar-refractivity contribution >= 4 is 17.6 Å². The third kappa shape index (κ3) is 5.82. The van der Waals surface area contributed by atoms with Crippen LogP contribution in [0.3, 0.4) is 0 Å². The third-order valence-corrected chi connectivity index (χ3v) is 4.68. The Labute approximate surface area is 159 Å². The van der Waals surface area contributed by atoms with Gasteiger partial charge in [0, 0.05) is 31.4 Å². The molecule has 1 amide bonds. The van der Waals surface area contributed by atoms with E-state index in [0.29, 0.717) is 11.3 Å². The second-order valence-corrected chi connectivity index (χ2v) is 6.80. The molecule has 0 aromatic heterocycles. The summed E-state index contributed by atoms with van der Waals surface area (Å²) in [5.41, 5.74) is 7.84. The fourth-order valence-corrected chi connectivity index (χ4v) is 3.18. The minimum absolute atomic E-state index is 0.125. The highest BCUT2D eigenvalue weighted by Crippen LogP contribution is 2.14. The standard InChI is InChI=1S/C21H25N3O3/c22-18-8-6-17(7-9-18)21(26)27-15-20(25)23-19-10-12-24(13-11-19)14-16-4-2-1-3-5-16/h1-9,19H,10-15,22H2,(H,23,25). The second kappa shape index (κ2) is 9.19. The van der Waals surface area contributed by atoms with Gasteiger partial charge in [-0.3, -0.25) is 9.69 Å². The summed E-state index contributed by atoms with van der Waals surface area (Å²) in [6.07, 6.45) is 1.79. The third-order valence-electron chi connectivity index (χ3n) is 4.68. The average molecular weight is 367 g/mol. The van der Waals surface area contributed by atoms with Crippen LogP contribution in [0, 0.1) is 0 Å². The number of piperidine rings is 1. The van der Waals surface area contributed by atoms with Crippen LogP contribution in [0.1, 0.15) is 28.8 Å². The zero-order valence-electron chi connectivity index (χ0n) is 15.3. The van der Waals surface area contributed by atoms with Crippen LogP contribution in [-0.4, -0.2) is 42.5 Å². The maximum atomic E-state index is 12.1. The van der Waals surface area contributed by atoms with Gasteiger partial charge in [0.25, 0.3) is 5.91 Å². The van der Waals surface area contributed by atoms with Crippen LogP contribution >= 0.6 is 0 Å². The van der Waals surface area contributed by atoms with Gasteiger partial charge in [0.2, 0.25) is 0 Å². The number of hydrogen-bond acceptors (Lipinski definition) is 5. The van der Waals surface area contributed by atoms with Crippen LogP contribution < -0.4 is 11.1 Å². The smallest absolute Gasteiger partial charge is 0.338 e. The van der Waals surface area contributed by atoms with Gasteiger partial charge in [-0.25, -0.2) is 4.79 Å². The summed E-state index contributed by atoms with van der Waals surface area (Å²) >= 11 is 0. The molecule has 6 nitrogen and oxygen atoms in total. The van der Waals surface area contributed by atoms with Crippen molar-refractivity contribution in [2.45, 2.75) is 25.4 Å². The molecule has 2 aromatic carbocycles. The molecule has 1 heterocycles. The maximum Gasteiger partial charge on any atom is 0.338 e. The molecule has 27 heavy (non-hydrogen) atoms. The zero-order chi connectivity index (χ0) is 19.1. The molecule has 1 saturated heterocycles. The summed E-state index contributed by atoms with van der Waals surface area (Å²) in [6, 6.07) is 16.9. The van der Waals surface area contributed by atoms with Crippen molar-refractivity contribution in [3.05, 3.63) is 65.7 Å². The number of anilines is 1. The van der Waals surface area contributed by atoms with Gasteiger partial charge in [0.05, 0.1) is 5.56 Å². The maximum absolute atomic E-state index is 12.1. The lowest BCUT2D eigenvalue weighted by Gasteiger charge is -2.32. The molecule has 0 unspecified atom stereocenters. The van der Waals surface area contributed by atoms with E-state index in [9.17, 15) is 9.59 Å². The normalized spacial score (nSPS) is 15.3. The molecule has 0 spiro atoms. The largest absolute Gasteiger partial charge is 0.452 e. The number of ether oxygens (including phenoxy) is 1. The van der Waals surface area contributed by atoms with Gasteiger partial charge in [-0.05, 0) is 42.7 Å². The fraction of sp³-hybridized carbons (Fsp3) is 0.333. The number of nitrogen functional groups attached to an aromatic ring is 1. The number of nitrogens with one attached hydrogen (secondary N) is 1. The Bertz CT molecular complexity index is 754. The Morgan fingerprint density at radius 1 is 1.04 bits per heavy atom. The van der Waals surface area contributed by atoms with E-state index in [0.717, 1.165) is 32.5 Å². The van der Waals surface area contributed by atoms with Crippen molar-refractivity contribution in [1.29, 1.82) is 0 Å². The van der Waals surface area contributed by atoms with E-state index in [1.54, 1.807) is 24.3 Å². The number of benzene rings is 2. The molecule has 1 aliphatic rings. The number of rotatable bonds is 6. The van der Waals surface area contributed by atoms with Crippen molar-refractivity contribution in [3.8, 4) is 0 Å². The first-order valence-corrected chi connectivity index (χ1v) is 9.18. The summed E-state index contributed by atoms with van der Waals surface area (Å²) < 4.78 is 5.07. The summed E-state index contributed by atoms with van der Waals surface area (Å²) in [7, 11) is 0. The van der Waals surface area contributed by atoms with Gasteiger partial charge in [0.15, 0.2) is 6.61 Å². The predicted octanol–water partition coefficient (Wildman–Crippen LogP) is 2.21. The van der Waals surface area contributed by atoms with Gasteiger partial charge in [-0.15, -0.1) is 0 Å². The number of nitrogens with two attached hydrogens (primary N) is 1. The Kier molecular flexibility index (Phi) is 6.44. The van der Waals surface area contributed by atoms with E-state index in [-0.39, 0.29) is 18.6 Å². The molecule has 0 bridgehead atoms. The van der Waals surface area contributed by atoms with E-state index in [1.807, 2.05) is 18.2 Å². The van der Waals surface area contributed by atoms with Gasteiger partial charge in [-0.2, -0.15) is 0 Å². The van der Waals surface area contributed by atoms with Gasteiger partial charge < -0.3 is 15.8 Å². The van der Waals surface area contributed by atoms with Crippen molar-refractivity contribution in [2.24, 2.45) is 0 Å². The van der Waals surface area contributed by atoms with E-state index < -0.39 is 5.97 Å². The van der Waals surface area contributed by atoms with Gasteiger partial charge in [0.1, 0.15) is 0 Å². The number of amides is 1. The Morgan fingerprint density at radius 2 is 1.70 bits per heavy atom. The molecule has 0 saturated carbocycles. The SMILES string of the molecule is Nc1ccc(C(=O)OCC(=O)NC2CCN(Cc3ccccc3)CC2)cc1. The molecule has 0 radical (unpaired) electrons. The lowest BCUT2D eigenvalue weighted by molar-refractivity contribution is -0.125. The van der Waals surface area contributed by atoms with E-state index in [1.165, 1.54) is 5.56 Å². The minimum atomic E-state index is -0.525.